The molecule has 1 fully saturated rings. The molecule has 5 nitrogen and oxygen atoms in total. The maximum atomic E-state index is 12.9. The number of hydrogen-bond donors (Lipinski definition) is 0. The highest BCUT2D eigenvalue weighted by molar-refractivity contribution is 5.92. The maximum Gasteiger partial charge on any atom is 0.247 e. The molecule has 1 aromatic carbocycles. The molecule has 0 aliphatic carbocycles. The molecular weight excluding hydrogens is 348 g/mol. The van der Waals surface area contributed by atoms with Crippen molar-refractivity contribution in [2.45, 2.75) is 70.9 Å². The Labute approximate surface area is 167 Å². The molecule has 1 atom stereocenters. The van der Waals surface area contributed by atoms with E-state index in [0.717, 1.165) is 49.6 Å². The maximum absolute atomic E-state index is 12.9. The number of carbonyl (C=O) groups is 1. The molecule has 1 unspecified atom stereocenters. The third-order valence-corrected chi connectivity index (χ3v) is 5.99. The van der Waals surface area contributed by atoms with Gasteiger partial charge in [0, 0.05) is 25.6 Å². The van der Waals surface area contributed by atoms with E-state index in [1.807, 2.05) is 11.0 Å². The smallest absolute Gasteiger partial charge is 0.247 e. The fraction of sp³-hybridized carbons (Fsp3) is 0.522. The van der Waals surface area contributed by atoms with E-state index in [9.17, 15) is 4.79 Å². The molecule has 0 saturated carbocycles. The van der Waals surface area contributed by atoms with Crippen LogP contribution in [0.25, 0.3) is 6.08 Å². The quantitative estimate of drug-likeness (QED) is 0.736. The van der Waals surface area contributed by atoms with Crippen molar-refractivity contribution in [3.8, 4) is 0 Å². The highest BCUT2D eigenvalue weighted by Gasteiger charge is 2.33. The van der Waals surface area contributed by atoms with Gasteiger partial charge in [0.05, 0.1) is 6.04 Å². The van der Waals surface area contributed by atoms with Crippen molar-refractivity contribution < 1.29 is 4.79 Å². The number of aromatic nitrogens is 3. The zero-order chi connectivity index (χ0) is 19.5. The molecular formula is C23H30N4O. The van der Waals surface area contributed by atoms with Crippen LogP contribution in [0.1, 0.15) is 80.7 Å². The Morgan fingerprint density at radius 1 is 1.07 bits per heavy atom. The molecule has 0 N–H and O–H groups in total. The largest absolute Gasteiger partial charge is 0.329 e. The van der Waals surface area contributed by atoms with Gasteiger partial charge in [-0.05, 0) is 48.8 Å². The van der Waals surface area contributed by atoms with Crippen LogP contribution in [0.15, 0.2) is 30.3 Å². The van der Waals surface area contributed by atoms with Gasteiger partial charge in [-0.2, -0.15) is 0 Å². The Hall–Kier alpha value is -2.43. The number of amides is 1. The summed E-state index contributed by atoms with van der Waals surface area (Å²) < 4.78 is 2.28. The van der Waals surface area contributed by atoms with Gasteiger partial charge in [-0.3, -0.25) is 4.79 Å². The van der Waals surface area contributed by atoms with E-state index in [1.165, 1.54) is 24.8 Å². The molecule has 1 saturated heterocycles. The van der Waals surface area contributed by atoms with Crippen LogP contribution in [-0.4, -0.2) is 32.1 Å². The number of fused-ring (bicyclic) bond motifs is 1. The monoisotopic (exact) mass is 378 g/mol. The third-order valence-electron chi connectivity index (χ3n) is 5.99. The molecule has 1 amide bonds. The first-order chi connectivity index (χ1) is 13.6. The average molecular weight is 379 g/mol. The van der Waals surface area contributed by atoms with Crippen LogP contribution in [-0.2, 0) is 17.8 Å². The molecule has 2 aromatic rings. The van der Waals surface area contributed by atoms with Gasteiger partial charge in [0.15, 0.2) is 5.82 Å². The van der Waals surface area contributed by atoms with Gasteiger partial charge in [-0.15, -0.1) is 10.2 Å². The van der Waals surface area contributed by atoms with E-state index < -0.39 is 0 Å². The van der Waals surface area contributed by atoms with Gasteiger partial charge in [-0.1, -0.05) is 44.5 Å². The first-order valence-electron chi connectivity index (χ1n) is 10.6. The fourth-order valence-electron chi connectivity index (χ4n) is 4.31. The zero-order valence-electron chi connectivity index (χ0n) is 17.0. The number of rotatable bonds is 4. The summed E-state index contributed by atoms with van der Waals surface area (Å²) in [5.74, 6) is 2.66. The molecule has 28 heavy (non-hydrogen) atoms. The van der Waals surface area contributed by atoms with E-state index in [4.69, 9.17) is 0 Å². The van der Waals surface area contributed by atoms with Crippen molar-refractivity contribution in [1.82, 2.24) is 19.7 Å². The van der Waals surface area contributed by atoms with Gasteiger partial charge >= 0.3 is 0 Å². The Balaban J connectivity index is 1.49. The minimum atomic E-state index is 0.0554. The predicted octanol–water partition coefficient (Wildman–Crippen LogP) is 4.50. The Morgan fingerprint density at radius 2 is 1.89 bits per heavy atom. The van der Waals surface area contributed by atoms with Gasteiger partial charge in [0.1, 0.15) is 5.82 Å². The Bertz CT molecular complexity index is 850. The summed E-state index contributed by atoms with van der Waals surface area (Å²) in [4.78, 5) is 14.9. The molecule has 2 aliphatic rings. The molecule has 2 aliphatic heterocycles. The molecule has 5 heteroatoms. The summed E-state index contributed by atoms with van der Waals surface area (Å²) in [6.07, 6.45) is 10.2. The van der Waals surface area contributed by atoms with Crippen molar-refractivity contribution in [2.75, 3.05) is 6.54 Å². The van der Waals surface area contributed by atoms with E-state index >= 15 is 0 Å². The molecule has 0 bridgehead atoms. The number of benzene rings is 1. The lowest BCUT2D eigenvalue weighted by molar-refractivity contribution is -0.127. The van der Waals surface area contributed by atoms with Gasteiger partial charge in [0.25, 0.3) is 0 Å². The minimum Gasteiger partial charge on any atom is -0.329 e. The number of hydrogen-bond acceptors (Lipinski definition) is 3. The summed E-state index contributed by atoms with van der Waals surface area (Å²) in [5.41, 5.74) is 2.38. The molecule has 3 heterocycles. The van der Waals surface area contributed by atoms with E-state index in [1.54, 1.807) is 6.08 Å². The second kappa shape index (κ2) is 8.29. The van der Waals surface area contributed by atoms with Crippen LogP contribution >= 0.6 is 0 Å². The van der Waals surface area contributed by atoms with Crippen molar-refractivity contribution >= 4 is 12.0 Å². The summed E-state index contributed by atoms with van der Waals surface area (Å²) in [5, 5.41) is 8.92. The lowest BCUT2D eigenvalue weighted by Crippen LogP contribution is -2.30. The standard InChI is InChI=1S/C23H30N4O/c1-17(2)19-12-9-18(10-13-19)11-14-22(28)26-16-6-7-20(26)23-25-24-21-8-4-3-5-15-27(21)23/h9-14,17,20H,3-8,15-16H2,1-2H3/b14-11+. The van der Waals surface area contributed by atoms with E-state index in [2.05, 4.69) is 52.9 Å². The second-order valence-electron chi connectivity index (χ2n) is 8.28. The van der Waals surface area contributed by atoms with Gasteiger partial charge < -0.3 is 9.47 Å². The lowest BCUT2D eigenvalue weighted by atomic mass is 10.0. The molecule has 148 valence electrons. The van der Waals surface area contributed by atoms with Crippen LogP contribution in [0.5, 0.6) is 0 Å². The SMILES string of the molecule is CC(C)c1ccc(/C=C/C(=O)N2CCCC2c2nnc3n2CCCCC3)cc1. The summed E-state index contributed by atoms with van der Waals surface area (Å²) in [7, 11) is 0. The zero-order valence-corrected chi connectivity index (χ0v) is 17.0. The number of nitrogens with zero attached hydrogens (tertiary/aromatic N) is 4. The molecule has 1 aromatic heterocycles. The number of carbonyl (C=O) groups excluding carboxylic acids is 1. The lowest BCUT2D eigenvalue weighted by Gasteiger charge is -2.23. The van der Waals surface area contributed by atoms with Crippen LogP contribution in [0.4, 0.5) is 0 Å². The third kappa shape index (κ3) is 3.89. The van der Waals surface area contributed by atoms with Crippen LogP contribution in [0.2, 0.25) is 0 Å². The van der Waals surface area contributed by atoms with E-state index in [0.29, 0.717) is 5.92 Å². The van der Waals surface area contributed by atoms with Gasteiger partial charge in [0.2, 0.25) is 5.91 Å². The Morgan fingerprint density at radius 3 is 2.68 bits per heavy atom. The van der Waals surface area contributed by atoms with E-state index in [-0.39, 0.29) is 11.9 Å². The van der Waals surface area contributed by atoms with Crippen LogP contribution in [0.3, 0.4) is 0 Å². The molecule has 4 rings (SSSR count). The summed E-state index contributed by atoms with van der Waals surface area (Å²) in [6.45, 7) is 6.15. The molecule has 0 radical (unpaired) electrons. The molecule has 0 spiro atoms. The highest BCUT2D eigenvalue weighted by atomic mass is 16.2. The van der Waals surface area contributed by atoms with Crippen molar-refractivity contribution in [2.24, 2.45) is 0 Å². The second-order valence-corrected chi connectivity index (χ2v) is 8.28. The average Bonchev–Trinajstić information content (AvgIpc) is 3.27. The van der Waals surface area contributed by atoms with Gasteiger partial charge in [-0.25, -0.2) is 0 Å². The topological polar surface area (TPSA) is 51.0 Å². The van der Waals surface area contributed by atoms with Crippen molar-refractivity contribution in [3.05, 3.63) is 53.1 Å². The van der Waals surface area contributed by atoms with Crippen molar-refractivity contribution in [3.63, 3.8) is 0 Å². The normalized spacial score (nSPS) is 20.0. The fourth-order valence-corrected chi connectivity index (χ4v) is 4.31. The number of aryl methyl sites for hydroxylation is 1. The Kier molecular flexibility index (Phi) is 5.60. The first kappa shape index (κ1) is 18.9. The number of likely N-dealkylation sites (tertiary alicyclic amines) is 1. The van der Waals surface area contributed by atoms with Crippen LogP contribution < -0.4 is 0 Å². The minimum absolute atomic E-state index is 0.0554. The predicted molar refractivity (Wildman–Crippen MR) is 111 cm³/mol. The van der Waals surface area contributed by atoms with Crippen molar-refractivity contribution in [1.29, 1.82) is 0 Å². The first-order valence-corrected chi connectivity index (χ1v) is 10.6. The van der Waals surface area contributed by atoms with Crippen LogP contribution in [0, 0.1) is 0 Å². The summed E-state index contributed by atoms with van der Waals surface area (Å²) in [6, 6.07) is 8.50. The highest BCUT2D eigenvalue weighted by Crippen LogP contribution is 2.32. The summed E-state index contributed by atoms with van der Waals surface area (Å²) >= 11 is 0.